The van der Waals surface area contributed by atoms with Gasteiger partial charge >= 0.3 is 0 Å². The summed E-state index contributed by atoms with van der Waals surface area (Å²) in [5.74, 6) is 0.799. The van der Waals surface area contributed by atoms with Crippen molar-refractivity contribution in [2.24, 2.45) is 0 Å². The molecule has 1 aliphatic rings. The third kappa shape index (κ3) is 4.73. The lowest BCUT2D eigenvalue weighted by molar-refractivity contribution is -0.131. The van der Waals surface area contributed by atoms with E-state index in [0.29, 0.717) is 22.1 Å². The van der Waals surface area contributed by atoms with Gasteiger partial charge in [0.1, 0.15) is 0 Å². The van der Waals surface area contributed by atoms with Crippen molar-refractivity contribution in [3.63, 3.8) is 0 Å². The third-order valence-electron chi connectivity index (χ3n) is 3.45. The zero-order valence-electron chi connectivity index (χ0n) is 12.0. The predicted molar refractivity (Wildman–Crippen MR) is 87.2 cm³/mol. The quantitative estimate of drug-likeness (QED) is 0.842. The molecule has 0 bridgehead atoms. The van der Waals surface area contributed by atoms with E-state index in [1.165, 1.54) is 11.8 Å². The van der Waals surface area contributed by atoms with Crippen LogP contribution in [0.25, 0.3) is 0 Å². The fourth-order valence-corrected chi connectivity index (χ4v) is 3.17. The number of carbonyl (C=O) groups is 2. The summed E-state index contributed by atoms with van der Waals surface area (Å²) >= 11 is 7.16. The molecule has 1 heterocycles. The van der Waals surface area contributed by atoms with E-state index in [1.54, 1.807) is 24.3 Å². The van der Waals surface area contributed by atoms with Crippen LogP contribution in [-0.2, 0) is 4.79 Å². The average Bonchev–Trinajstić information content (AvgIpc) is 2.48. The predicted octanol–water partition coefficient (Wildman–Crippen LogP) is 2.08. The standard InChI is InChI=1S/C15H19ClN2O2S/c1-11-8-17-6-7-18(11)15(20)10-21-9-14(19)12-2-4-13(16)5-3-12/h2-5,11,17H,6-10H2,1H3/t11-/m0/s1. The summed E-state index contributed by atoms with van der Waals surface area (Å²) in [5.41, 5.74) is 0.634. The molecule has 0 aliphatic carbocycles. The maximum Gasteiger partial charge on any atom is 0.232 e. The summed E-state index contributed by atoms with van der Waals surface area (Å²) in [6.07, 6.45) is 0. The highest BCUT2D eigenvalue weighted by Gasteiger charge is 2.22. The molecule has 4 nitrogen and oxygen atoms in total. The van der Waals surface area contributed by atoms with E-state index in [1.807, 2.05) is 11.8 Å². The van der Waals surface area contributed by atoms with Gasteiger partial charge in [-0.05, 0) is 31.2 Å². The maximum atomic E-state index is 12.1. The number of rotatable bonds is 5. The molecule has 1 aliphatic heterocycles. The maximum absolute atomic E-state index is 12.1. The molecule has 114 valence electrons. The summed E-state index contributed by atoms with van der Waals surface area (Å²) in [5, 5.41) is 3.87. The van der Waals surface area contributed by atoms with E-state index < -0.39 is 0 Å². The van der Waals surface area contributed by atoms with Crippen molar-refractivity contribution in [3.05, 3.63) is 34.9 Å². The number of Topliss-reactive ketones (excluding diaryl/α,β-unsaturated/α-hetero) is 1. The van der Waals surface area contributed by atoms with Gasteiger partial charge in [-0.2, -0.15) is 0 Å². The molecule has 0 aromatic heterocycles. The Bertz CT molecular complexity index is 507. The molecule has 1 N–H and O–H groups in total. The molecule has 2 rings (SSSR count). The monoisotopic (exact) mass is 326 g/mol. The summed E-state index contributed by atoms with van der Waals surface area (Å²) in [6, 6.07) is 7.05. The Morgan fingerprint density at radius 1 is 1.33 bits per heavy atom. The van der Waals surface area contributed by atoms with Crippen molar-refractivity contribution < 1.29 is 9.59 Å². The molecule has 0 unspecified atom stereocenters. The van der Waals surface area contributed by atoms with Crippen molar-refractivity contribution in [1.29, 1.82) is 0 Å². The zero-order valence-corrected chi connectivity index (χ0v) is 13.5. The van der Waals surface area contributed by atoms with Gasteiger partial charge in [0.15, 0.2) is 5.78 Å². The van der Waals surface area contributed by atoms with Crippen molar-refractivity contribution in [3.8, 4) is 0 Å². The molecule has 1 saturated heterocycles. The number of benzene rings is 1. The van der Waals surface area contributed by atoms with Crippen LogP contribution < -0.4 is 5.32 Å². The Morgan fingerprint density at radius 2 is 2.05 bits per heavy atom. The molecular formula is C15H19ClN2O2S. The van der Waals surface area contributed by atoms with Crippen molar-refractivity contribution in [1.82, 2.24) is 10.2 Å². The average molecular weight is 327 g/mol. The Labute approximate surface area is 134 Å². The highest BCUT2D eigenvalue weighted by atomic mass is 35.5. The molecular weight excluding hydrogens is 308 g/mol. The smallest absolute Gasteiger partial charge is 0.232 e. The van der Waals surface area contributed by atoms with Crippen molar-refractivity contribution in [2.45, 2.75) is 13.0 Å². The lowest BCUT2D eigenvalue weighted by Gasteiger charge is -2.33. The first-order valence-corrected chi connectivity index (χ1v) is 8.48. The second kappa shape index (κ2) is 7.82. The van der Waals surface area contributed by atoms with Crippen LogP contribution in [0, 0.1) is 0 Å². The highest BCUT2D eigenvalue weighted by molar-refractivity contribution is 8.00. The first kappa shape index (κ1) is 16.3. The fraction of sp³-hybridized carbons (Fsp3) is 0.467. The molecule has 1 aromatic carbocycles. The number of thioether (sulfide) groups is 1. The minimum atomic E-state index is 0.0258. The van der Waals surface area contributed by atoms with Gasteiger partial charge in [0.05, 0.1) is 11.5 Å². The van der Waals surface area contributed by atoms with Crippen LogP contribution in [0.15, 0.2) is 24.3 Å². The molecule has 0 saturated carbocycles. The van der Waals surface area contributed by atoms with E-state index >= 15 is 0 Å². The minimum Gasteiger partial charge on any atom is -0.337 e. The number of nitrogens with zero attached hydrogens (tertiary/aromatic N) is 1. The number of nitrogens with one attached hydrogen (secondary N) is 1. The van der Waals surface area contributed by atoms with Gasteiger partial charge in [0, 0.05) is 36.3 Å². The number of hydrogen-bond acceptors (Lipinski definition) is 4. The lowest BCUT2D eigenvalue weighted by atomic mass is 10.1. The second-order valence-electron chi connectivity index (χ2n) is 5.06. The van der Waals surface area contributed by atoms with Gasteiger partial charge in [0.2, 0.25) is 5.91 Å². The number of hydrogen-bond donors (Lipinski definition) is 1. The largest absolute Gasteiger partial charge is 0.337 e. The third-order valence-corrected chi connectivity index (χ3v) is 4.62. The first-order chi connectivity index (χ1) is 10.1. The number of carbonyl (C=O) groups excluding carboxylic acids is 2. The normalized spacial score (nSPS) is 18.6. The number of ketones is 1. The Morgan fingerprint density at radius 3 is 2.71 bits per heavy atom. The topological polar surface area (TPSA) is 49.4 Å². The zero-order chi connectivity index (χ0) is 15.2. The molecule has 0 radical (unpaired) electrons. The lowest BCUT2D eigenvalue weighted by Crippen LogP contribution is -2.52. The van der Waals surface area contributed by atoms with Crippen LogP contribution in [0.4, 0.5) is 0 Å². The van der Waals surface area contributed by atoms with E-state index in [-0.39, 0.29) is 17.7 Å². The minimum absolute atomic E-state index is 0.0258. The van der Waals surface area contributed by atoms with Crippen LogP contribution in [0.3, 0.4) is 0 Å². The van der Waals surface area contributed by atoms with Gasteiger partial charge in [0.25, 0.3) is 0 Å². The molecule has 1 atom stereocenters. The van der Waals surface area contributed by atoms with Crippen LogP contribution in [0.5, 0.6) is 0 Å². The van der Waals surface area contributed by atoms with Gasteiger partial charge < -0.3 is 10.2 Å². The second-order valence-corrected chi connectivity index (χ2v) is 6.49. The van der Waals surface area contributed by atoms with Gasteiger partial charge in [-0.25, -0.2) is 0 Å². The molecule has 6 heteroatoms. The van der Waals surface area contributed by atoms with E-state index in [4.69, 9.17) is 11.6 Å². The van der Waals surface area contributed by atoms with E-state index in [0.717, 1.165) is 19.6 Å². The number of halogens is 1. The van der Waals surface area contributed by atoms with Crippen LogP contribution in [0.2, 0.25) is 5.02 Å². The highest BCUT2D eigenvalue weighted by Crippen LogP contribution is 2.13. The first-order valence-electron chi connectivity index (χ1n) is 6.94. The molecule has 1 aromatic rings. The molecule has 1 fully saturated rings. The summed E-state index contributed by atoms with van der Waals surface area (Å²) in [7, 11) is 0. The van der Waals surface area contributed by atoms with E-state index in [9.17, 15) is 9.59 Å². The summed E-state index contributed by atoms with van der Waals surface area (Å²) in [6.45, 7) is 4.45. The summed E-state index contributed by atoms with van der Waals surface area (Å²) in [4.78, 5) is 26.0. The van der Waals surface area contributed by atoms with Crippen LogP contribution >= 0.6 is 23.4 Å². The Kier molecular flexibility index (Phi) is 6.08. The summed E-state index contributed by atoms with van der Waals surface area (Å²) < 4.78 is 0. The van der Waals surface area contributed by atoms with Gasteiger partial charge in [-0.1, -0.05) is 11.6 Å². The Hall–Kier alpha value is -1.04. The van der Waals surface area contributed by atoms with Crippen molar-refractivity contribution >= 4 is 35.1 Å². The Balaban J connectivity index is 1.77. The number of amides is 1. The fourth-order valence-electron chi connectivity index (χ4n) is 2.24. The van der Waals surface area contributed by atoms with Crippen LogP contribution in [-0.4, -0.2) is 53.8 Å². The van der Waals surface area contributed by atoms with Gasteiger partial charge in [-0.3, -0.25) is 9.59 Å². The number of piperazine rings is 1. The van der Waals surface area contributed by atoms with Gasteiger partial charge in [-0.15, -0.1) is 11.8 Å². The van der Waals surface area contributed by atoms with Crippen molar-refractivity contribution in [2.75, 3.05) is 31.1 Å². The molecule has 1 amide bonds. The molecule has 0 spiro atoms. The SMILES string of the molecule is C[C@H]1CNCCN1C(=O)CSCC(=O)c1ccc(Cl)cc1. The molecule has 21 heavy (non-hydrogen) atoms. The van der Waals surface area contributed by atoms with E-state index in [2.05, 4.69) is 5.32 Å². The van der Waals surface area contributed by atoms with Crippen LogP contribution in [0.1, 0.15) is 17.3 Å².